The minimum atomic E-state index is -0.311. The van der Waals surface area contributed by atoms with Gasteiger partial charge >= 0.3 is 0 Å². The number of hydrogen-bond acceptors (Lipinski definition) is 2. The van der Waals surface area contributed by atoms with E-state index in [1.807, 2.05) is 11.8 Å². The average Bonchev–Trinajstić information content (AvgIpc) is 2.31. The van der Waals surface area contributed by atoms with Gasteiger partial charge < -0.3 is 5.32 Å². The molecule has 0 radical (unpaired) electrons. The molecule has 2 unspecified atom stereocenters. The van der Waals surface area contributed by atoms with E-state index in [1.165, 1.54) is 5.56 Å². The van der Waals surface area contributed by atoms with Gasteiger partial charge in [-0.15, -0.1) is 0 Å². The highest BCUT2D eigenvalue weighted by atomic mass is 35.5. The second kappa shape index (κ2) is 5.81. The van der Waals surface area contributed by atoms with E-state index in [0.29, 0.717) is 11.2 Å². The molecule has 0 amide bonds. The fraction of sp³-hybridized carbons (Fsp3) is 0.571. The van der Waals surface area contributed by atoms with E-state index in [0.717, 1.165) is 17.9 Å². The third-order valence-electron chi connectivity index (χ3n) is 3.36. The smallest absolute Gasteiger partial charge is 0.142 e. The van der Waals surface area contributed by atoms with Gasteiger partial charge in [0.25, 0.3) is 0 Å². The van der Waals surface area contributed by atoms with Crippen molar-refractivity contribution >= 4 is 23.4 Å². The predicted octanol–water partition coefficient (Wildman–Crippen LogP) is 4.40. The first kappa shape index (κ1) is 14.2. The lowest BCUT2D eigenvalue weighted by molar-refractivity contribution is 0.446. The van der Waals surface area contributed by atoms with Crippen LogP contribution in [0.1, 0.15) is 37.9 Å². The zero-order chi connectivity index (χ0) is 13.3. The summed E-state index contributed by atoms with van der Waals surface area (Å²) < 4.78 is 13.5. The van der Waals surface area contributed by atoms with Gasteiger partial charge in [0.2, 0.25) is 0 Å². The third kappa shape index (κ3) is 2.68. The summed E-state index contributed by atoms with van der Waals surface area (Å²) in [5.74, 6) is 1.14. The number of thioether (sulfide) groups is 1. The summed E-state index contributed by atoms with van der Waals surface area (Å²) in [5.41, 5.74) is 2.24. The van der Waals surface area contributed by atoms with E-state index in [4.69, 9.17) is 11.6 Å². The van der Waals surface area contributed by atoms with E-state index < -0.39 is 0 Å². The maximum Gasteiger partial charge on any atom is 0.142 e. The Morgan fingerprint density at radius 3 is 2.83 bits per heavy atom. The molecule has 1 aliphatic rings. The van der Waals surface area contributed by atoms with Crippen LogP contribution < -0.4 is 5.32 Å². The number of nitrogens with one attached hydrogen (secondary N) is 1. The molecule has 2 atom stereocenters. The Labute approximate surface area is 117 Å². The quantitative estimate of drug-likeness (QED) is 0.884. The Bertz CT molecular complexity index is 436. The number of halogens is 2. The van der Waals surface area contributed by atoms with Crippen molar-refractivity contribution in [2.24, 2.45) is 5.92 Å². The van der Waals surface area contributed by atoms with Crippen LogP contribution >= 0.6 is 23.4 Å². The maximum atomic E-state index is 13.5. The summed E-state index contributed by atoms with van der Waals surface area (Å²) in [6.45, 7) is 7.47. The Balaban J connectivity index is 2.42. The van der Waals surface area contributed by atoms with E-state index >= 15 is 0 Å². The molecule has 1 N–H and O–H groups in total. The van der Waals surface area contributed by atoms with Crippen molar-refractivity contribution in [3.8, 4) is 0 Å². The molecule has 0 spiro atoms. The minimum Gasteiger partial charge on any atom is -0.309 e. The van der Waals surface area contributed by atoms with E-state index in [-0.39, 0.29) is 16.9 Å². The second-order valence-electron chi connectivity index (χ2n) is 5.02. The highest BCUT2D eigenvalue weighted by Gasteiger charge is 2.32. The van der Waals surface area contributed by atoms with Gasteiger partial charge in [0.1, 0.15) is 5.82 Å². The van der Waals surface area contributed by atoms with Crippen molar-refractivity contribution in [1.29, 1.82) is 0 Å². The number of rotatable bonds is 3. The van der Waals surface area contributed by atoms with Gasteiger partial charge in [-0.2, -0.15) is 11.8 Å². The third-order valence-corrected chi connectivity index (χ3v) is 5.33. The topological polar surface area (TPSA) is 12.0 Å². The molecule has 1 nitrogen and oxygen atoms in total. The lowest BCUT2D eigenvalue weighted by atomic mass is 9.92. The molecular formula is C14H19ClFNS. The van der Waals surface area contributed by atoms with Gasteiger partial charge in [-0.05, 0) is 35.7 Å². The highest BCUT2D eigenvalue weighted by molar-refractivity contribution is 7.99. The normalized spacial score (nSPS) is 23.2. The Morgan fingerprint density at radius 1 is 1.50 bits per heavy atom. The van der Waals surface area contributed by atoms with Crippen LogP contribution in [0.15, 0.2) is 12.1 Å². The molecule has 0 aliphatic carbocycles. The van der Waals surface area contributed by atoms with Gasteiger partial charge in [0.05, 0.1) is 5.02 Å². The van der Waals surface area contributed by atoms with Crippen LogP contribution in [0.5, 0.6) is 0 Å². The van der Waals surface area contributed by atoms with Gasteiger partial charge in [-0.25, -0.2) is 4.39 Å². The summed E-state index contributed by atoms with van der Waals surface area (Å²) in [6, 6.07) is 3.65. The molecule has 1 aromatic rings. The summed E-state index contributed by atoms with van der Waals surface area (Å²) >= 11 is 7.83. The lowest BCUT2D eigenvalue weighted by Gasteiger charge is -2.36. The zero-order valence-corrected chi connectivity index (χ0v) is 12.5. The summed E-state index contributed by atoms with van der Waals surface area (Å²) in [4.78, 5) is 0. The maximum absolute atomic E-state index is 13.5. The number of fused-ring (bicyclic) bond motifs is 1. The fourth-order valence-electron chi connectivity index (χ4n) is 2.50. The van der Waals surface area contributed by atoms with Crippen LogP contribution in [0.2, 0.25) is 5.02 Å². The van der Waals surface area contributed by atoms with Crippen molar-refractivity contribution in [1.82, 2.24) is 5.32 Å². The van der Waals surface area contributed by atoms with Gasteiger partial charge in [-0.3, -0.25) is 0 Å². The molecule has 100 valence electrons. The van der Waals surface area contributed by atoms with Gasteiger partial charge in [-0.1, -0.05) is 32.4 Å². The first-order valence-corrected chi connectivity index (χ1v) is 7.80. The molecule has 0 aromatic heterocycles. The van der Waals surface area contributed by atoms with Crippen LogP contribution in [0, 0.1) is 11.7 Å². The van der Waals surface area contributed by atoms with Crippen LogP contribution in [-0.4, -0.2) is 11.8 Å². The van der Waals surface area contributed by atoms with Crippen molar-refractivity contribution in [3.05, 3.63) is 34.1 Å². The molecule has 1 heterocycles. The van der Waals surface area contributed by atoms with Crippen molar-refractivity contribution in [2.45, 2.75) is 37.8 Å². The Morgan fingerprint density at radius 2 is 2.22 bits per heavy atom. The SMILES string of the molecule is CCNC1c2cc(Cl)c(F)cc2CSC1C(C)C. The standard InChI is InChI=1S/C14H19ClFNS/c1-4-17-13-10-6-11(15)12(16)5-9(10)7-18-14(13)8(2)3/h5-6,8,13-14,17H,4,7H2,1-3H3. The molecule has 0 saturated carbocycles. The Hall–Kier alpha value is -0.250. The van der Waals surface area contributed by atoms with Gasteiger partial charge in [0, 0.05) is 17.0 Å². The molecule has 0 fully saturated rings. The van der Waals surface area contributed by atoms with Crippen LogP contribution in [-0.2, 0) is 5.75 Å². The van der Waals surface area contributed by atoms with E-state index in [2.05, 4.69) is 26.1 Å². The minimum absolute atomic E-state index is 0.228. The van der Waals surface area contributed by atoms with Crippen molar-refractivity contribution < 1.29 is 4.39 Å². The van der Waals surface area contributed by atoms with Crippen LogP contribution in [0.4, 0.5) is 4.39 Å². The van der Waals surface area contributed by atoms with E-state index in [1.54, 1.807) is 12.1 Å². The number of hydrogen-bond donors (Lipinski definition) is 1. The first-order valence-electron chi connectivity index (χ1n) is 6.37. The molecular weight excluding hydrogens is 269 g/mol. The molecule has 4 heteroatoms. The largest absolute Gasteiger partial charge is 0.309 e. The molecule has 1 aliphatic heterocycles. The predicted molar refractivity (Wildman–Crippen MR) is 77.7 cm³/mol. The summed E-state index contributed by atoms with van der Waals surface area (Å²) in [6.07, 6.45) is 0. The highest BCUT2D eigenvalue weighted by Crippen LogP contribution is 2.42. The average molecular weight is 288 g/mol. The Kier molecular flexibility index (Phi) is 4.57. The number of benzene rings is 1. The van der Waals surface area contributed by atoms with Gasteiger partial charge in [0.15, 0.2) is 0 Å². The van der Waals surface area contributed by atoms with Crippen molar-refractivity contribution in [3.63, 3.8) is 0 Å². The van der Waals surface area contributed by atoms with Crippen LogP contribution in [0.25, 0.3) is 0 Å². The molecule has 1 aromatic carbocycles. The molecule has 2 rings (SSSR count). The van der Waals surface area contributed by atoms with E-state index in [9.17, 15) is 4.39 Å². The fourth-order valence-corrected chi connectivity index (χ4v) is 4.11. The molecule has 0 saturated heterocycles. The second-order valence-corrected chi connectivity index (χ2v) is 6.59. The summed E-state index contributed by atoms with van der Waals surface area (Å²) in [5, 5.41) is 4.26. The van der Waals surface area contributed by atoms with Crippen LogP contribution in [0.3, 0.4) is 0 Å². The monoisotopic (exact) mass is 287 g/mol. The summed E-state index contributed by atoms with van der Waals surface area (Å²) in [7, 11) is 0. The zero-order valence-electron chi connectivity index (χ0n) is 11.0. The molecule has 18 heavy (non-hydrogen) atoms. The lowest BCUT2D eigenvalue weighted by Crippen LogP contribution is -2.36. The molecule has 0 bridgehead atoms. The van der Waals surface area contributed by atoms with Crippen molar-refractivity contribution in [2.75, 3.05) is 6.54 Å². The first-order chi connectivity index (χ1) is 8.54.